The largest absolute Gasteiger partial charge is 0.298 e. The molecule has 0 N–H and O–H groups in total. The van der Waals surface area contributed by atoms with Gasteiger partial charge in [-0.2, -0.15) is 0 Å². The molecule has 4 saturated carbocycles. The number of carbonyl (C=O) groups is 1. The van der Waals surface area contributed by atoms with E-state index in [1.54, 1.807) is 4.31 Å². The van der Waals surface area contributed by atoms with Crippen molar-refractivity contribution in [3.8, 4) is 0 Å². The number of rotatable bonds is 6. The highest BCUT2D eigenvalue weighted by molar-refractivity contribution is 7.88. The lowest BCUT2D eigenvalue weighted by molar-refractivity contribution is -0.128. The molecule has 0 aromatic carbocycles. The van der Waals surface area contributed by atoms with Crippen LogP contribution in [0.1, 0.15) is 64.2 Å². The Bertz CT molecular complexity index is 700. The molecule has 5 nitrogen and oxygen atoms in total. The summed E-state index contributed by atoms with van der Waals surface area (Å²) in [5, 5.41) is 0. The van der Waals surface area contributed by atoms with E-state index in [0.29, 0.717) is 30.7 Å². The molecule has 0 radical (unpaired) electrons. The minimum Gasteiger partial charge on any atom is -0.298 e. The Kier molecular flexibility index (Phi) is 5.57. The van der Waals surface area contributed by atoms with Crippen LogP contribution in [0.4, 0.5) is 0 Å². The number of carbonyl (C=O) groups excluding carboxylic acids is 1. The van der Waals surface area contributed by atoms with E-state index in [4.69, 9.17) is 0 Å². The molecule has 2 heterocycles. The van der Waals surface area contributed by atoms with Crippen LogP contribution in [0.3, 0.4) is 0 Å². The standard InChI is InChI=1S/C23H38N2O3S/c1-29(27,28)25-7-4-16(5-8-25)15-24-6-2-3-22(24)23(26)14-21-19-10-17-9-18(12-19)13-20(21)11-17/h16-22H,2-15H2,1H3/t17?,18?,19?,20?,21?,22-/m0/s1. The normalized spacial score (nSPS) is 41.3. The first-order chi connectivity index (χ1) is 13.9. The van der Waals surface area contributed by atoms with Gasteiger partial charge in [0.25, 0.3) is 0 Å². The van der Waals surface area contributed by atoms with Gasteiger partial charge in [0.15, 0.2) is 0 Å². The molecule has 6 heteroatoms. The second kappa shape index (κ2) is 7.90. The number of ketones is 1. The molecule has 2 saturated heterocycles. The van der Waals surface area contributed by atoms with Crippen LogP contribution in [0.15, 0.2) is 0 Å². The van der Waals surface area contributed by atoms with Gasteiger partial charge < -0.3 is 0 Å². The maximum atomic E-state index is 13.3. The number of hydrogen-bond acceptors (Lipinski definition) is 4. The van der Waals surface area contributed by atoms with Crippen LogP contribution in [0, 0.1) is 35.5 Å². The average molecular weight is 423 g/mol. The summed E-state index contributed by atoms with van der Waals surface area (Å²) in [6.07, 6.45) is 13.3. The SMILES string of the molecule is CS(=O)(=O)N1CCC(CN2CCC[C@H]2C(=O)CC2C3CC4CC(C3)CC2C4)CC1. The lowest BCUT2D eigenvalue weighted by Crippen LogP contribution is -2.48. The van der Waals surface area contributed by atoms with Gasteiger partial charge in [0.1, 0.15) is 5.78 Å². The van der Waals surface area contributed by atoms with Gasteiger partial charge in [-0.1, -0.05) is 0 Å². The van der Waals surface area contributed by atoms with Gasteiger partial charge in [0.2, 0.25) is 10.0 Å². The van der Waals surface area contributed by atoms with E-state index >= 15 is 0 Å². The van der Waals surface area contributed by atoms with Crippen LogP contribution in [0.2, 0.25) is 0 Å². The molecular formula is C23H38N2O3S. The Balaban J connectivity index is 1.16. The molecule has 0 aromatic rings. The zero-order valence-corrected chi connectivity index (χ0v) is 18.8. The van der Waals surface area contributed by atoms with E-state index in [1.165, 1.54) is 38.4 Å². The Morgan fingerprint density at radius 3 is 2.10 bits per heavy atom. The first-order valence-corrected chi connectivity index (χ1v) is 13.9. The van der Waals surface area contributed by atoms with Gasteiger partial charge in [-0.15, -0.1) is 0 Å². The first-order valence-electron chi connectivity index (χ1n) is 12.1. The third-order valence-electron chi connectivity index (χ3n) is 9.13. The van der Waals surface area contributed by atoms with E-state index in [9.17, 15) is 13.2 Å². The summed E-state index contributed by atoms with van der Waals surface area (Å²) < 4.78 is 25.1. The smallest absolute Gasteiger partial charge is 0.211 e. The predicted molar refractivity (Wildman–Crippen MR) is 114 cm³/mol. The third-order valence-corrected chi connectivity index (χ3v) is 10.4. The van der Waals surface area contributed by atoms with Crippen molar-refractivity contribution < 1.29 is 13.2 Å². The van der Waals surface area contributed by atoms with E-state index in [1.807, 2.05) is 0 Å². The molecule has 6 fully saturated rings. The molecule has 6 aliphatic rings. The molecule has 4 aliphatic carbocycles. The van der Waals surface area contributed by atoms with Gasteiger partial charge in [-0.05, 0) is 99.8 Å². The molecule has 2 aliphatic heterocycles. The van der Waals surface area contributed by atoms with Gasteiger partial charge in [0, 0.05) is 26.1 Å². The maximum absolute atomic E-state index is 13.3. The quantitative estimate of drug-likeness (QED) is 0.660. The number of nitrogens with zero attached hydrogens (tertiary/aromatic N) is 2. The lowest BCUT2D eigenvalue weighted by atomic mass is 9.51. The summed E-state index contributed by atoms with van der Waals surface area (Å²) in [5.74, 6) is 5.36. The molecule has 1 atom stereocenters. The molecule has 0 spiro atoms. The molecule has 29 heavy (non-hydrogen) atoms. The number of hydrogen-bond donors (Lipinski definition) is 0. The summed E-state index contributed by atoms with van der Waals surface area (Å²) in [7, 11) is -3.06. The Morgan fingerprint density at radius 1 is 0.897 bits per heavy atom. The molecule has 0 unspecified atom stereocenters. The molecular weight excluding hydrogens is 384 g/mol. The van der Waals surface area contributed by atoms with Crippen molar-refractivity contribution >= 4 is 15.8 Å². The van der Waals surface area contributed by atoms with Crippen molar-refractivity contribution in [2.75, 3.05) is 32.4 Å². The van der Waals surface area contributed by atoms with Crippen molar-refractivity contribution in [3.63, 3.8) is 0 Å². The van der Waals surface area contributed by atoms with Gasteiger partial charge in [0.05, 0.1) is 12.3 Å². The van der Waals surface area contributed by atoms with Crippen molar-refractivity contribution in [1.29, 1.82) is 0 Å². The van der Waals surface area contributed by atoms with Crippen molar-refractivity contribution in [3.05, 3.63) is 0 Å². The molecule has 164 valence electrons. The number of piperidine rings is 1. The van der Waals surface area contributed by atoms with Crippen molar-refractivity contribution in [1.82, 2.24) is 9.21 Å². The van der Waals surface area contributed by atoms with Crippen molar-refractivity contribution in [2.24, 2.45) is 35.5 Å². The maximum Gasteiger partial charge on any atom is 0.211 e. The van der Waals surface area contributed by atoms with E-state index in [0.717, 1.165) is 68.9 Å². The summed E-state index contributed by atoms with van der Waals surface area (Å²) in [6.45, 7) is 3.31. The van der Waals surface area contributed by atoms with E-state index in [-0.39, 0.29) is 6.04 Å². The highest BCUT2D eigenvalue weighted by Gasteiger charge is 2.49. The van der Waals surface area contributed by atoms with Gasteiger partial charge in [-0.3, -0.25) is 9.69 Å². The number of sulfonamides is 1. The summed E-state index contributed by atoms with van der Waals surface area (Å²) in [6, 6.07) is 0.139. The van der Waals surface area contributed by atoms with Crippen LogP contribution < -0.4 is 0 Å². The van der Waals surface area contributed by atoms with Crippen LogP contribution in [-0.2, 0) is 14.8 Å². The average Bonchev–Trinajstić information content (AvgIpc) is 3.12. The van der Waals surface area contributed by atoms with Crippen LogP contribution in [0.25, 0.3) is 0 Å². The highest BCUT2D eigenvalue weighted by Crippen LogP contribution is 2.57. The second-order valence-electron chi connectivity index (χ2n) is 11.0. The summed E-state index contributed by atoms with van der Waals surface area (Å²) in [4.78, 5) is 15.8. The fourth-order valence-corrected chi connectivity index (χ4v) is 8.78. The molecule has 0 amide bonds. The monoisotopic (exact) mass is 422 g/mol. The number of likely N-dealkylation sites (tertiary alicyclic amines) is 1. The Hall–Kier alpha value is -0.460. The zero-order valence-electron chi connectivity index (χ0n) is 18.0. The Labute approximate surface area is 176 Å². The molecule has 0 aromatic heterocycles. The summed E-state index contributed by atoms with van der Waals surface area (Å²) in [5.41, 5.74) is 0. The van der Waals surface area contributed by atoms with Gasteiger partial charge in [-0.25, -0.2) is 12.7 Å². The zero-order chi connectivity index (χ0) is 20.2. The van der Waals surface area contributed by atoms with Gasteiger partial charge >= 0.3 is 0 Å². The molecule has 4 bridgehead atoms. The Morgan fingerprint density at radius 2 is 1.52 bits per heavy atom. The van der Waals surface area contributed by atoms with Crippen LogP contribution in [-0.4, -0.2) is 61.9 Å². The van der Waals surface area contributed by atoms with E-state index in [2.05, 4.69) is 4.90 Å². The summed E-state index contributed by atoms with van der Waals surface area (Å²) >= 11 is 0. The highest BCUT2D eigenvalue weighted by atomic mass is 32.2. The minimum atomic E-state index is -3.06. The lowest BCUT2D eigenvalue weighted by Gasteiger charge is -2.54. The van der Waals surface area contributed by atoms with Crippen LogP contribution >= 0.6 is 0 Å². The topological polar surface area (TPSA) is 57.7 Å². The second-order valence-corrected chi connectivity index (χ2v) is 13.0. The predicted octanol–water partition coefficient (Wildman–Crippen LogP) is 3.15. The minimum absolute atomic E-state index is 0.139. The van der Waals surface area contributed by atoms with Crippen LogP contribution in [0.5, 0.6) is 0 Å². The third kappa shape index (κ3) is 4.18. The van der Waals surface area contributed by atoms with Crippen molar-refractivity contribution in [2.45, 2.75) is 70.3 Å². The first kappa shape index (κ1) is 20.4. The number of Topliss-reactive ketones (excluding diaryl/α,β-unsaturated/α-hetero) is 1. The molecule has 6 rings (SSSR count). The van der Waals surface area contributed by atoms with E-state index < -0.39 is 10.0 Å². The fourth-order valence-electron chi connectivity index (χ4n) is 7.90. The fraction of sp³-hybridized carbons (Fsp3) is 0.957.